The van der Waals surface area contributed by atoms with Crippen molar-refractivity contribution in [3.8, 4) is 28.6 Å². The number of rotatable bonds is 8. The van der Waals surface area contributed by atoms with Gasteiger partial charge in [-0.15, -0.1) is 0 Å². The zero-order valence-corrected chi connectivity index (χ0v) is 18.5. The zero-order chi connectivity index (χ0) is 21.8. The Labute approximate surface area is 183 Å². The normalized spacial score (nSPS) is 11.0. The molecule has 5 heteroatoms. The third-order valence-electron chi connectivity index (χ3n) is 5.29. The summed E-state index contributed by atoms with van der Waals surface area (Å²) in [4.78, 5) is 4.90. The van der Waals surface area contributed by atoms with Crippen molar-refractivity contribution < 1.29 is 14.2 Å². The predicted octanol–water partition coefficient (Wildman–Crippen LogP) is 5.81. The van der Waals surface area contributed by atoms with Crippen LogP contribution in [-0.2, 0) is 6.54 Å². The second-order valence-electron chi connectivity index (χ2n) is 7.67. The van der Waals surface area contributed by atoms with E-state index in [0.29, 0.717) is 18.1 Å². The summed E-state index contributed by atoms with van der Waals surface area (Å²) in [5, 5.41) is 0. The van der Waals surface area contributed by atoms with Crippen LogP contribution in [0.15, 0.2) is 60.7 Å². The fourth-order valence-electron chi connectivity index (χ4n) is 3.93. The van der Waals surface area contributed by atoms with Crippen molar-refractivity contribution in [2.75, 3.05) is 20.8 Å². The van der Waals surface area contributed by atoms with Crippen molar-refractivity contribution in [1.29, 1.82) is 0 Å². The summed E-state index contributed by atoms with van der Waals surface area (Å²) in [6.07, 6.45) is 0.869. The van der Waals surface area contributed by atoms with Crippen molar-refractivity contribution in [1.82, 2.24) is 9.55 Å². The molecule has 0 bridgehead atoms. The Morgan fingerprint density at radius 1 is 0.839 bits per heavy atom. The van der Waals surface area contributed by atoms with E-state index < -0.39 is 0 Å². The molecule has 0 spiro atoms. The molecular weight excluding hydrogens is 388 g/mol. The monoisotopic (exact) mass is 416 g/mol. The van der Waals surface area contributed by atoms with E-state index in [1.54, 1.807) is 14.2 Å². The van der Waals surface area contributed by atoms with Gasteiger partial charge in [0.25, 0.3) is 0 Å². The van der Waals surface area contributed by atoms with Crippen molar-refractivity contribution in [2.45, 2.75) is 26.8 Å². The highest BCUT2D eigenvalue weighted by atomic mass is 16.5. The Morgan fingerprint density at radius 2 is 1.58 bits per heavy atom. The van der Waals surface area contributed by atoms with Crippen LogP contribution in [0.25, 0.3) is 22.4 Å². The lowest BCUT2D eigenvalue weighted by atomic mass is 10.1. The van der Waals surface area contributed by atoms with Crippen molar-refractivity contribution in [2.24, 2.45) is 0 Å². The third-order valence-corrected chi connectivity index (χ3v) is 5.29. The number of aryl methyl sites for hydroxylation is 3. The minimum atomic E-state index is 0.640. The molecular formula is C26H28N2O3. The number of ether oxygens (including phenoxy) is 3. The van der Waals surface area contributed by atoms with E-state index >= 15 is 0 Å². The SMILES string of the molecule is COc1ccc(-c2nc3ccccc3n2CCCOc2cc(C)cc(C)c2)cc1OC. The standard InChI is InChI=1S/C26H28N2O3/c1-18-14-19(2)16-21(15-18)31-13-7-12-28-23-9-6-5-8-22(23)27-26(28)20-10-11-24(29-3)25(17-20)30-4/h5-6,8-11,14-17H,7,12-13H2,1-4H3. The molecule has 0 N–H and O–H groups in total. The summed E-state index contributed by atoms with van der Waals surface area (Å²) in [6, 6.07) is 20.4. The average molecular weight is 417 g/mol. The number of fused-ring (bicyclic) bond motifs is 1. The molecule has 0 amide bonds. The first-order valence-corrected chi connectivity index (χ1v) is 10.5. The van der Waals surface area contributed by atoms with Crippen LogP contribution in [0.5, 0.6) is 17.2 Å². The maximum absolute atomic E-state index is 6.02. The van der Waals surface area contributed by atoms with Gasteiger partial charge in [-0.05, 0) is 73.9 Å². The number of aromatic nitrogens is 2. The smallest absolute Gasteiger partial charge is 0.161 e. The van der Waals surface area contributed by atoms with Crippen LogP contribution >= 0.6 is 0 Å². The van der Waals surface area contributed by atoms with E-state index in [9.17, 15) is 0 Å². The predicted molar refractivity (Wildman–Crippen MR) is 124 cm³/mol. The van der Waals surface area contributed by atoms with E-state index in [4.69, 9.17) is 19.2 Å². The van der Waals surface area contributed by atoms with Gasteiger partial charge in [0.15, 0.2) is 11.5 Å². The molecule has 3 aromatic carbocycles. The van der Waals surface area contributed by atoms with Crippen LogP contribution < -0.4 is 14.2 Å². The fraction of sp³-hybridized carbons (Fsp3) is 0.269. The van der Waals surface area contributed by atoms with Crippen molar-refractivity contribution in [3.05, 3.63) is 71.8 Å². The van der Waals surface area contributed by atoms with E-state index in [0.717, 1.165) is 41.1 Å². The quantitative estimate of drug-likeness (QED) is 0.340. The van der Waals surface area contributed by atoms with E-state index in [1.165, 1.54) is 11.1 Å². The molecule has 1 aromatic heterocycles. The molecule has 0 saturated carbocycles. The highest BCUT2D eigenvalue weighted by Gasteiger charge is 2.15. The lowest BCUT2D eigenvalue weighted by molar-refractivity contribution is 0.302. The molecule has 1 heterocycles. The van der Waals surface area contributed by atoms with Gasteiger partial charge in [-0.2, -0.15) is 0 Å². The first kappa shape index (κ1) is 20.8. The molecule has 31 heavy (non-hydrogen) atoms. The molecule has 0 aliphatic heterocycles. The second kappa shape index (κ2) is 9.13. The number of hydrogen-bond acceptors (Lipinski definition) is 4. The molecule has 0 aliphatic rings. The van der Waals surface area contributed by atoms with Crippen LogP contribution in [0, 0.1) is 13.8 Å². The molecule has 160 valence electrons. The third kappa shape index (κ3) is 4.50. The van der Waals surface area contributed by atoms with E-state index in [-0.39, 0.29) is 0 Å². The summed E-state index contributed by atoms with van der Waals surface area (Å²) in [5.74, 6) is 3.23. The van der Waals surface area contributed by atoms with Crippen LogP contribution in [0.2, 0.25) is 0 Å². The van der Waals surface area contributed by atoms with Gasteiger partial charge in [0.1, 0.15) is 11.6 Å². The van der Waals surface area contributed by atoms with Crippen LogP contribution in [0.4, 0.5) is 0 Å². The maximum atomic E-state index is 6.02. The molecule has 0 saturated heterocycles. The number of nitrogens with zero attached hydrogens (tertiary/aromatic N) is 2. The van der Waals surface area contributed by atoms with Crippen LogP contribution in [0.3, 0.4) is 0 Å². The average Bonchev–Trinajstić information content (AvgIpc) is 3.14. The number of imidazole rings is 1. The topological polar surface area (TPSA) is 45.5 Å². The summed E-state index contributed by atoms with van der Waals surface area (Å²) in [7, 11) is 3.29. The first-order valence-electron chi connectivity index (χ1n) is 10.5. The Balaban J connectivity index is 1.58. The van der Waals surface area contributed by atoms with Crippen LogP contribution in [-0.4, -0.2) is 30.4 Å². The maximum Gasteiger partial charge on any atom is 0.161 e. The van der Waals surface area contributed by atoms with Gasteiger partial charge < -0.3 is 18.8 Å². The molecule has 0 unspecified atom stereocenters. The lowest BCUT2D eigenvalue weighted by Gasteiger charge is -2.13. The summed E-state index contributed by atoms with van der Waals surface area (Å²) < 4.78 is 19.2. The van der Waals surface area contributed by atoms with Crippen molar-refractivity contribution >= 4 is 11.0 Å². The minimum absolute atomic E-state index is 0.640. The summed E-state index contributed by atoms with van der Waals surface area (Å²) in [5.41, 5.74) is 5.50. The van der Waals surface area contributed by atoms with Gasteiger partial charge >= 0.3 is 0 Å². The molecule has 0 fully saturated rings. The minimum Gasteiger partial charge on any atom is -0.494 e. The number of methoxy groups -OCH3 is 2. The number of hydrogen-bond donors (Lipinski definition) is 0. The Bertz CT molecular complexity index is 1180. The molecule has 5 nitrogen and oxygen atoms in total. The van der Waals surface area contributed by atoms with Gasteiger partial charge in [0.2, 0.25) is 0 Å². The van der Waals surface area contributed by atoms with E-state index in [1.807, 2.05) is 36.4 Å². The Kier molecular flexibility index (Phi) is 6.12. The second-order valence-corrected chi connectivity index (χ2v) is 7.67. The van der Waals surface area contributed by atoms with Crippen LogP contribution in [0.1, 0.15) is 17.5 Å². The molecule has 0 atom stereocenters. The van der Waals surface area contributed by atoms with Gasteiger partial charge in [-0.3, -0.25) is 0 Å². The highest BCUT2D eigenvalue weighted by Crippen LogP contribution is 2.33. The molecule has 4 rings (SSSR count). The largest absolute Gasteiger partial charge is 0.494 e. The Morgan fingerprint density at radius 3 is 2.32 bits per heavy atom. The van der Waals surface area contributed by atoms with Crippen molar-refractivity contribution in [3.63, 3.8) is 0 Å². The van der Waals surface area contributed by atoms with Gasteiger partial charge in [0.05, 0.1) is 31.9 Å². The van der Waals surface area contributed by atoms with Gasteiger partial charge in [-0.1, -0.05) is 18.2 Å². The lowest BCUT2D eigenvalue weighted by Crippen LogP contribution is -2.06. The molecule has 4 aromatic rings. The first-order chi connectivity index (χ1) is 15.1. The summed E-state index contributed by atoms with van der Waals surface area (Å²) >= 11 is 0. The van der Waals surface area contributed by atoms with Gasteiger partial charge in [0, 0.05) is 12.1 Å². The molecule has 0 radical (unpaired) electrons. The van der Waals surface area contributed by atoms with E-state index in [2.05, 4.69) is 42.7 Å². The number of benzene rings is 3. The number of para-hydroxylation sites is 2. The zero-order valence-electron chi connectivity index (χ0n) is 18.5. The summed E-state index contributed by atoms with van der Waals surface area (Å²) in [6.45, 7) is 5.62. The highest BCUT2D eigenvalue weighted by molar-refractivity contribution is 5.81. The van der Waals surface area contributed by atoms with Gasteiger partial charge in [-0.25, -0.2) is 4.98 Å². The Hall–Kier alpha value is -3.47. The fourth-order valence-corrected chi connectivity index (χ4v) is 3.93. The molecule has 0 aliphatic carbocycles.